The van der Waals surface area contributed by atoms with Gasteiger partial charge in [0.05, 0.1) is 0 Å². The lowest BCUT2D eigenvalue weighted by atomic mass is 9.77. The normalized spacial score (nSPS) is 18.2. The molecule has 1 aliphatic rings. The Labute approximate surface area is 196 Å². The van der Waals surface area contributed by atoms with E-state index in [1.807, 2.05) is 6.92 Å². The molecule has 0 bridgehead atoms. The molecule has 0 unspecified atom stereocenters. The Kier molecular flexibility index (Phi) is 7.24. The summed E-state index contributed by atoms with van der Waals surface area (Å²) in [6.07, 6.45) is 5.73. The second-order valence-corrected chi connectivity index (χ2v) is 9.12. The predicted molar refractivity (Wildman–Crippen MR) is 123 cm³/mol. The molecular formula is C28H27F5O. The highest BCUT2D eigenvalue weighted by Gasteiger charge is 2.28. The van der Waals surface area contributed by atoms with E-state index in [9.17, 15) is 13.2 Å². The van der Waals surface area contributed by atoms with Crippen molar-refractivity contribution in [2.45, 2.75) is 58.3 Å². The number of hydrogen-bond acceptors (Lipinski definition) is 1. The zero-order valence-corrected chi connectivity index (χ0v) is 19.2. The monoisotopic (exact) mass is 474 g/mol. The highest BCUT2D eigenvalue weighted by atomic mass is 19.2. The van der Waals surface area contributed by atoms with E-state index in [1.54, 1.807) is 24.3 Å². The van der Waals surface area contributed by atoms with Crippen LogP contribution in [0.2, 0.25) is 0 Å². The molecule has 0 radical (unpaired) electrons. The topological polar surface area (TPSA) is 9.23 Å². The summed E-state index contributed by atoms with van der Waals surface area (Å²) in [6.45, 7) is 3.98. The predicted octanol–water partition coefficient (Wildman–Crippen LogP) is 9.22. The summed E-state index contributed by atoms with van der Waals surface area (Å²) in [7, 11) is 0. The number of ether oxygens (including phenoxy) is 1. The van der Waals surface area contributed by atoms with Crippen molar-refractivity contribution in [1.29, 1.82) is 0 Å². The molecular weight excluding hydrogens is 447 g/mol. The summed E-state index contributed by atoms with van der Waals surface area (Å²) in [5.41, 5.74) is 1.42. The smallest absolute Gasteiger partial charge is 0.204 e. The lowest BCUT2D eigenvalue weighted by Crippen LogP contribution is -2.15. The molecule has 6 heteroatoms. The molecule has 1 fully saturated rings. The van der Waals surface area contributed by atoms with Crippen molar-refractivity contribution in [3.63, 3.8) is 0 Å². The summed E-state index contributed by atoms with van der Waals surface area (Å²) in [5, 5.41) is 0. The quantitative estimate of drug-likeness (QED) is 0.256. The van der Waals surface area contributed by atoms with Crippen LogP contribution in [0.15, 0.2) is 42.5 Å². The molecule has 0 amide bonds. The first-order valence-electron chi connectivity index (χ1n) is 11.7. The maximum atomic E-state index is 15.0. The van der Waals surface area contributed by atoms with Gasteiger partial charge in [-0.2, -0.15) is 8.78 Å². The van der Waals surface area contributed by atoms with Crippen molar-refractivity contribution in [3.05, 3.63) is 82.7 Å². The van der Waals surface area contributed by atoms with E-state index in [4.69, 9.17) is 4.74 Å². The highest BCUT2D eigenvalue weighted by molar-refractivity contribution is 5.71. The van der Waals surface area contributed by atoms with Crippen LogP contribution < -0.4 is 4.74 Å². The summed E-state index contributed by atoms with van der Waals surface area (Å²) in [5.74, 6) is -7.83. The van der Waals surface area contributed by atoms with Gasteiger partial charge >= 0.3 is 0 Å². The minimum Gasteiger partial charge on any atom is -0.450 e. The zero-order chi connectivity index (χ0) is 24.4. The van der Waals surface area contributed by atoms with Gasteiger partial charge in [-0.15, -0.1) is 0 Å². The molecule has 3 aromatic carbocycles. The van der Waals surface area contributed by atoms with Crippen LogP contribution >= 0.6 is 0 Å². The standard InChI is InChI=1S/C28H27F5O/c1-3-4-17-7-11-18(12-8-17)20-13-14-23(26(32)24(20)30)34-28-21(15-22(29)25(31)27(28)33)19-9-5-16(2)6-10-19/h5-6,9-10,13-15,17-18H,3-4,7-8,11-12H2,1-2H3. The van der Waals surface area contributed by atoms with Crippen LogP contribution in [0.25, 0.3) is 11.1 Å². The second kappa shape index (κ2) is 10.2. The van der Waals surface area contributed by atoms with Crippen LogP contribution in [0.4, 0.5) is 22.0 Å². The van der Waals surface area contributed by atoms with Gasteiger partial charge in [0.15, 0.2) is 29.0 Å². The average molecular weight is 475 g/mol. The third-order valence-corrected chi connectivity index (χ3v) is 6.75. The Balaban J connectivity index is 1.66. The summed E-state index contributed by atoms with van der Waals surface area (Å²) in [6, 6.07) is 10.1. The van der Waals surface area contributed by atoms with E-state index < -0.39 is 40.6 Å². The van der Waals surface area contributed by atoms with Gasteiger partial charge in [-0.25, -0.2) is 13.2 Å². The van der Waals surface area contributed by atoms with Gasteiger partial charge < -0.3 is 4.74 Å². The maximum absolute atomic E-state index is 15.0. The van der Waals surface area contributed by atoms with E-state index in [-0.39, 0.29) is 17.0 Å². The van der Waals surface area contributed by atoms with Crippen LogP contribution in [0.5, 0.6) is 11.5 Å². The number of benzene rings is 3. The molecule has 0 aliphatic heterocycles. The van der Waals surface area contributed by atoms with Crippen LogP contribution in [0.1, 0.15) is 62.5 Å². The largest absolute Gasteiger partial charge is 0.450 e. The number of aryl methyl sites for hydroxylation is 1. The summed E-state index contributed by atoms with van der Waals surface area (Å²) >= 11 is 0. The Morgan fingerprint density at radius 1 is 0.794 bits per heavy atom. The maximum Gasteiger partial charge on any atom is 0.204 e. The Morgan fingerprint density at radius 3 is 2.12 bits per heavy atom. The fraction of sp³-hybridized carbons (Fsp3) is 0.357. The fourth-order valence-corrected chi connectivity index (χ4v) is 4.85. The van der Waals surface area contributed by atoms with Gasteiger partial charge in [0.2, 0.25) is 11.6 Å². The van der Waals surface area contributed by atoms with E-state index in [1.165, 1.54) is 12.1 Å². The lowest BCUT2D eigenvalue weighted by molar-refractivity contribution is 0.301. The number of rotatable bonds is 6. The van der Waals surface area contributed by atoms with E-state index in [0.29, 0.717) is 11.5 Å². The molecule has 34 heavy (non-hydrogen) atoms. The van der Waals surface area contributed by atoms with Crippen molar-refractivity contribution in [2.24, 2.45) is 5.92 Å². The van der Waals surface area contributed by atoms with Crippen LogP contribution in [-0.4, -0.2) is 0 Å². The van der Waals surface area contributed by atoms with Crippen molar-refractivity contribution in [2.75, 3.05) is 0 Å². The van der Waals surface area contributed by atoms with Gasteiger partial charge in [0.1, 0.15) is 0 Å². The number of hydrogen-bond donors (Lipinski definition) is 0. The molecule has 180 valence electrons. The molecule has 1 aliphatic carbocycles. The van der Waals surface area contributed by atoms with Crippen molar-refractivity contribution in [3.8, 4) is 22.6 Å². The van der Waals surface area contributed by atoms with E-state index in [0.717, 1.165) is 50.2 Å². The minimum absolute atomic E-state index is 0.0974. The molecule has 4 rings (SSSR count). The summed E-state index contributed by atoms with van der Waals surface area (Å²) < 4.78 is 78.1. The van der Waals surface area contributed by atoms with Crippen molar-refractivity contribution >= 4 is 0 Å². The van der Waals surface area contributed by atoms with Gasteiger partial charge in [0, 0.05) is 5.56 Å². The number of halogens is 5. The SMILES string of the molecule is CCCC1CCC(c2ccc(Oc3c(-c4ccc(C)cc4)cc(F)c(F)c3F)c(F)c2F)CC1. The van der Waals surface area contributed by atoms with E-state index >= 15 is 8.78 Å². The highest BCUT2D eigenvalue weighted by Crippen LogP contribution is 2.42. The molecule has 0 spiro atoms. The van der Waals surface area contributed by atoms with Crippen molar-refractivity contribution < 1.29 is 26.7 Å². The minimum atomic E-state index is -1.74. The zero-order valence-electron chi connectivity index (χ0n) is 19.2. The van der Waals surface area contributed by atoms with Crippen LogP contribution in [0, 0.1) is 41.9 Å². The Bertz CT molecular complexity index is 1160. The molecule has 0 heterocycles. The molecule has 1 saturated carbocycles. The molecule has 1 nitrogen and oxygen atoms in total. The third kappa shape index (κ3) is 4.82. The van der Waals surface area contributed by atoms with Crippen LogP contribution in [0.3, 0.4) is 0 Å². The molecule has 0 saturated heterocycles. The first-order chi connectivity index (χ1) is 16.3. The Hall–Kier alpha value is -2.89. The van der Waals surface area contributed by atoms with Gasteiger partial charge in [-0.1, -0.05) is 55.7 Å². The summed E-state index contributed by atoms with van der Waals surface area (Å²) in [4.78, 5) is 0. The molecule has 0 atom stereocenters. The third-order valence-electron chi connectivity index (χ3n) is 6.75. The average Bonchev–Trinajstić information content (AvgIpc) is 2.83. The van der Waals surface area contributed by atoms with Crippen LogP contribution in [-0.2, 0) is 0 Å². The first-order valence-corrected chi connectivity index (χ1v) is 11.7. The Morgan fingerprint density at radius 2 is 1.47 bits per heavy atom. The molecule has 0 N–H and O–H groups in total. The van der Waals surface area contributed by atoms with Crippen molar-refractivity contribution in [1.82, 2.24) is 0 Å². The molecule has 0 aromatic heterocycles. The first kappa shape index (κ1) is 24.2. The fourth-order valence-electron chi connectivity index (χ4n) is 4.85. The lowest BCUT2D eigenvalue weighted by Gasteiger charge is -2.29. The van der Waals surface area contributed by atoms with Gasteiger partial charge in [0.25, 0.3) is 0 Å². The molecule has 3 aromatic rings. The second-order valence-electron chi connectivity index (χ2n) is 9.12. The van der Waals surface area contributed by atoms with Gasteiger partial charge in [-0.3, -0.25) is 0 Å². The van der Waals surface area contributed by atoms with Gasteiger partial charge in [-0.05, 0) is 67.7 Å². The van der Waals surface area contributed by atoms with E-state index in [2.05, 4.69) is 6.92 Å².